The zero-order chi connectivity index (χ0) is 22.7. The van der Waals surface area contributed by atoms with E-state index in [0.717, 1.165) is 28.7 Å². The number of alkyl halides is 1. The van der Waals surface area contributed by atoms with Crippen LogP contribution in [0.1, 0.15) is 41.6 Å². The van der Waals surface area contributed by atoms with Gasteiger partial charge in [-0.3, -0.25) is 14.0 Å². The van der Waals surface area contributed by atoms with Gasteiger partial charge in [-0.15, -0.1) is 0 Å². The number of carbonyl (C=O) groups excluding carboxylic acids is 2. The minimum Gasteiger partial charge on any atom is -0.493 e. The molecule has 2 aliphatic rings. The number of aryl methyl sites for hydroxylation is 1. The van der Waals surface area contributed by atoms with Gasteiger partial charge < -0.3 is 18.9 Å². The summed E-state index contributed by atoms with van der Waals surface area (Å²) in [5.41, 5.74) is 2.75. The highest BCUT2D eigenvalue weighted by Crippen LogP contribution is 2.50. The number of hydrogen-bond acceptors (Lipinski definition) is 6. The zero-order valence-electron chi connectivity index (χ0n) is 18.4. The van der Waals surface area contributed by atoms with Crippen LogP contribution >= 0.6 is 0 Å². The number of esters is 1. The average molecular weight is 442 g/mol. The molecule has 0 N–H and O–H groups in total. The molecule has 1 fully saturated rings. The van der Waals surface area contributed by atoms with E-state index in [2.05, 4.69) is 0 Å². The van der Waals surface area contributed by atoms with Gasteiger partial charge in [0.1, 0.15) is 12.0 Å². The molecule has 32 heavy (non-hydrogen) atoms. The first kappa shape index (κ1) is 22.1. The van der Waals surface area contributed by atoms with Gasteiger partial charge in [0.15, 0.2) is 17.3 Å². The second-order valence-electron chi connectivity index (χ2n) is 8.22. The van der Waals surface area contributed by atoms with Crippen LogP contribution in [0.15, 0.2) is 30.3 Å². The number of fused-ring (bicyclic) bond motifs is 1. The molecule has 7 heteroatoms. The van der Waals surface area contributed by atoms with Gasteiger partial charge >= 0.3 is 5.97 Å². The predicted octanol–water partition coefficient (Wildman–Crippen LogP) is 4.56. The lowest BCUT2D eigenvalue weighted by Gasteiger charge is -2.21. The monoisotopic (exact) mass is 442 g/mol. The number of ketones is 1. The van der Waals surface area contributed by atoms with E-state index < -0.39 is 12.1 Å². The molecule has 0 heterocycles. The summed E-state index contributed by atoms with van der Waals surface area (Å²) in [6, 6.07) is 9.44. The van der Waals surface area contributed by atoms with Crippen molar-refractivity contribution in [2.75, 3.05) is 34.1 Å². The second-order valence-corrected chi connectivity index (χ2v) is 8.22. The summed E-state index contributed by atoms with van der Waals surface area (Å²) < 4.78 is 34.8. The van der Waals surface area contributed by atoms with Gasteiger partial charge in [0, 0.05) is 24.0 Å². The maximum atomic E-state index is 12.5. The van der Waals surface area contributed by atoms with Crippen molar-refractivity contribution in [3.05, 3.63) is 41.5 Å². The van der Waals surface area contributed by atoms with Crippen molar-refractivity contribution in [2.45, 2.75) is 32.1 Å². The Bertz CT molecular complexity index is 1030. The van der Waals surface area contributed by atoms with Gasteiger partial charge in [-0.1, -0.05) is 18.2 Å². The van der Waals surface area contributed by atoms with Crippen molar-refractivity contribution in [3.8, 4) is 28.4 Å². The number of halogens is 1. The van der Waals surface area contributed by atoms with E-state index in [-0.39, 0.29) is 31.4 Å². The Hall–Kier alpha value is -3.09. The minimum absolute atomic E-state index is 0.0681. The predicted molar refractivity (Wildman–Crippen MR) is 116 cm³/mol. The fourth-order valence-corrected chi connectivity index (χ4v) is 4.03. The Morgan fingerprint density at radius 2 is 1.81 bits per heavy atom. The lowest BCUT2D eigenvalue weighted by Crippen LogP contribution is -2.26. The van der Waals surface area contributed by atoms with Crippen molar-refractivity contribution in [2.24, 2.45) is 5.41 Å². The average Bonchev–Trinajstić information content (AvgIpc) is 3.53. The van der Waals surface area contributed by atoms with Crippen LogP contribution in [0.2, 0.25) is 0 Å². The maximum absolute atomic E-state index is 12.5. The Kier molecular flexibility index (Phi) is 6.35. The number of Topliss-reactive ketones (excluding diaryl/α,β-unsaturated/α-hetero) is 1. The summed E-state index contributed by atoms with van der Waals surface area (Å²) >= 11 is 0. The van der Waals surface area contributed by atoms with Crippen molar-refractivity contribution in [1.29, 1.82) is 0 Å². The first-order chi connectivity index (χ1) is 15.5. The van der Waals surface area contributed by atoms with Crippen molar-refractivity contribution in [3.63, 3.8) is 0 Å². The molecule has 6 nitrogen and oxygen atoms in total. The quantitative estimate of drug-likeness (QED) is 0.397. The first-order valence-corrected chi connectivity index (χ1v) is 10.8. The molecular formula is C25H27FO6. The molecule has 4 rings (SSSR count). The highest BCUT2D eigenvalue weighted by molar-refractivity contribution is 6.01. The van der Waals surface area contributed by atoms with Crippen LogP contribution in [-0.2, 0) is 16.0 Å². The van der Waals surface area contributed by atoms with E-state index in [0.29, 0.717) is 36.5 Å². The van der Waals surface area contributed by atoms with E-state index in [9.17, 15) is 14.0 Å². The summed E-state index contributed by atoms with van der Waals surface area (Å²) in [7, 11) is 3.08. The fraction of sp³-hybridized carbons (Fsp3) is 0.440. The lowest BCUT2D eigenvalue weighted by molar-refractivity contribution is -0.151. The van der Waals surface area contributed by atoms with Crippen LogP contribution in [0.4, 0.5) is 4.39 Å². The molecule has 0 amide bonds. The van der Waals surface area contributed by atoms with Crippen LogP contribution in [0.3, 0.4) is 0 Å². The van der Waals surface area contributed by atoms with Gasteiger partial charge in [0.2, 0.25) is 5.75 Å². The third kappa shape index (κ3) is 4.16. The van der Waals surface area contributed by atoms with Crippen LogP contribution in [0.5, 0.6) is 17.2 Å². The highest BCUT2D eigenvalue weighted by atomic mass is 19.1. The topological polar surface area (TPSA) is 71.1 Å². The van der Waals surface area contributed by atoms with Crippen molar-refractivity contribution >= 4 is 11.8 Å². The summed E-state index contributed by atoms with van der Waals surface area (Å²) in [5.74, 6) is 1.22. The Morgan fingerprint density at radius 1 is 1.03 bits per heavy atom. The van der Waals surface area contributed by atoms with Crippen molar-refractivity contribution in [1.82, 2.24) is 0 Å². The molecule has 0 aliphatic heterocycles. The Morgan fingerprint density at radius 3 is 2.50 bits per heavy atom. The normalized spacial score (nSPS) is 15.8. The van der Waals surface area contributed by atoms with Crippen molar-refractivity contribution < 1.29 is 32.9 Å². The molecule has 0 atom stereocenters. The number of carbonyl (C=O) groups is 2. The smallest absolute Gasteiger partial charge is 0.315 e. The molecule has 0 radical (unpaired) electrons. The fourth-order valence-electron chi connectivity index (χ4n) is 4.03. The summed E-state index contributed by atoms with van der Waals surface area (Å²) in [5, 5.41) is 0. The number of ether oxygens (including phenoxy) is 4. The van der Waals surface area contributed by atoms with E-state index in [4.69, 9.17) is 18.9 Å². The number of benzene rings is 2. The standard InChI is InChI=1S/C25H27FO6/c1-29-21-9-7-19(17-4-6-18-16(14-17)5-8-20(18)27)22(23(21)30-2)32-15-25(10-11-25)24(28)31-13-3-12-26/h4,6-7,9,14H,3,5,8,10-13,15H2,1-2H3. The third-order valence-corrected chi connectivity index (χ3v) is 6.13. The van der Waals surface area contributed by atoms with Gasteiger partial charge in [-0.25, -0.2) is 0 Å². The summed E-state index contributed by atoms with van der Waals surface area (Å²) in [6.07, 6.45) is 2.76. The molecule has 170 valence electrons. The van der Waals surface area contributed by atoms with Crippen LogP contribution in [-0.4, -0.2) is 45.9 Å². The van der Waals surface area contributed by atoms with Crippen LogP contribution < -0.4 is 14.2 Å². The molecule has 2 aromatic carbocycles. The van der Waals surface area contributed by atoms with E-state index in [1.165, 1.54) is 7.11 Å². The molecule has 0 bridgehead atoms. The number of rotatable bonds is 10. The van der Waals surface area contributed by atoms with Gasteiger partial charge in [-0.05, 0) is 42.5 Å². The molecule has 0 spiro atoms. The largest absolute Gasteiger partial charge is 0.493 e. The summed E-state index contributed by atoms with van der Waals surface area (Å²) in [4.78, 5) is 24.5. The van der Waals surface area contributed by atoms with Crippen LogP contribution in [0.25, 0.3) is 11.1 Å². The van der Waals surface area contributed by atoms with Gasteiger partial charge in [0.25, 0.3) is 0 Å². The Balaban J connectivity index is 1.63. The van der Waals surface area contributed by atoms with E-state index in [1.807, 2.05) is 24.3 Å². The van der Waals surface area contributed by atoms with Crippen LogP contribution in [0, 0.1) is 5.41 Å². The van der Waals surface area contributed by atoms with E-state index in [1.54, 1.807) is 13.2 Å². The Labute approximate surface area is 186 Å². The number of methoxy groups -OCH3 is 2. The first-order valence-electron chi connectivity index (χ1n) is 10.8. The van der Waals surface area contributed by atoms with E-state index >= 15 is 0 Å². The summed E-state index contributed by atoms with van der Waals surface area (Å²) in [6.45, 7) is -0.326. The molecule has 0 aromatic heterocycles. The molecule has 2 aliphatic carbocycles. The molecule has 1 saturated carbocycles. The highest BCUT2D eigenvalue weighted by Gasteiger charge is 2.52. The van der Waals surface area contributed by atoms with Gasteiger partial charge in [0.05, 0.1) is 27.5 Å². The lowest BCUT2D eigenvalue weighted by atomic mass is 9.99. The SMILES string of the molecule is COc1ccc(-c2ccc3c(c2)CCC3=O)c(OCC2(C(=O)OCCCF)CC2)c1OC. The minimum atomic E-state index is -0.716. The third-order valence-electron chi connectivity index (χ3n) is 6.13. The van der Waals surface area contributed by atoms with Gasteiger partial charge in [-0.2, -0.15) is 0 Å². The maximum Gasteiger partial charge on any atom is 0.315 e. The zero-order valence-corrected chi connectivity index (χ0v) is 18.4. The molecular weight excluding hydrogens is 415 g/mol. The number of hydrogen-bond donors (Lipinski definition) is 0. The second kappa shape index (κ2) is 9.18. The molecule has 2 aromatic rings. The molecule has 0 saturated heterocycles. The molecule has 0 unspecified atom stereocenters.